The molecule has 2 atom stereocenters. The molecule has 9 heteroatoms. The van der Waals surface area contributed by atoms with E-state index in [1.165, 1.54) is 24.9 Å². The van der Waals surface area contributed by atoms with E-state index >= 15 is 0 Å². The van der Waals surface area contributed by atoms with Crippen molar-refractivity contribution >= 4 is 38.4 Å². The molecule has 24 heavy (non-hydrogen) atoms. The van der Waals surface area contributed by atoms with E-state index in [9.17, 15) is 17.6 Å². The van der Waals surface area contributed by atoms with Crippen LogP contribution in [-0.4, -0.2) is 56.0 Å². The van der Waals surface area contributed by atoms with Gasteiger partial charge in [0.2, 0.25) is 0 Å². The fourth-order valence-corrected chi connectivity index (χ4v) is 6.79. The van der Waals surface area contributed by atoms with E-state index in [1.54, 1.807) is 24.0 Å². The number of amides is 1. The summed E-state index contributed by atoms with van der Waals surface area (Å²) in [5, 5.41) is 0.179. The number of hydrogen-bond acceptors (Lipinski definition) is 5. The van der Waals surface area contributed by atoms with Gasteiger partial charge in [0.05, 0.1) is 17.5 Å². The van der Waals surface area contributed by atoms with Crippen molar-refractivity contribution in [1.29, 1.82) is 0 Å². The predicted molar refractivity (Wildman–Crippen MR) is 91.8 cm³/mol. The van der Waals surface area contributed by atoms with Gasteiger partial charge < -0.3 is 9.64 Å². The van der Waals surface area contributed by atoms with Crippen molar-refractivity contribution in [2.75, 3.05) is 30.1 Å². The average Bonchev–Trinajstić information content (AvgIpc) is 2.93. The lowest BCUT2D eigenvalue weighted by Crippen LogP contribution is -2.37. The number of halogens is 1. The summed E-state index contributed by atoms with van der Waals surface area (Å²) >= 11 is 1.25. The zero-order valence-electron chi connectivity index (χ0n) is 13.2. The third-order valence-electron chi connectivity index (χ3n) is 3.99. The number of amidine groups is 1. The molecule has 0 spiro atoms. The lowest BCUT2D eigenvalue weighted by Gasteiger charge is -2.24. The normalized spacial score (nSPS) is 26.8. The molecule has 130 valence electrons. The minimum atomic E-state index is -3.15. The number of aliphatic imine (C=N–C) groups is 1. The molecule has 0 aliphatic carbocycles. The maximum absolute atomic E-state index is 14.0. The maximum Gasteiger partial charge on any atom is 0.274 e. The second-order valence-electron chi connectivity index (χ2n) is 5.83. The number of aryl methyl sites for hydroxylation is 1. The molecule has 0 bridgehead atoms. The minimum absolute atomic E-state index is 0.0301. The molecule has 0 N–H and O–H groups in total. The lowest BCUT2D eigenvalue weighted by molar-refractivity contribution is -0.121. The highest BCUT2D eigenvalue weighted by molar-refractivity contribution is 8.16. The fraction of sp³-hybridized carbons (Fsp3) is 0.467. The topological polar surface area (TPSA) is 76.0 Å². The Hall–Kier alpha value is -1.45. The zero-order valence-corrected chi connectivity index (χ0v) is 14.9. The Morgan fingerprint density at radius 1 is 1.46 bits per heavy atom. The van der Waals surface area contributed by atoms with Crippen molar-refractivity contribution in [3.63, 3.8) is 0 Å². The highest BCUT2D eigenvalue weighted by Crippen LogP contribution is 2.41. The molecular weight excluding hydrogens is 355 g/mol. The van der Waals surface area contributed by atoms with E-state index in [2.05, 4.69) is 4.99 Å². The Morgan fingerprint density at radius 3 is 2.88 bits per heavy atom. The van der Waals surface area contributed by atoms with Gasteiger partial charge in [-0.15, -0.1) is 0 Å². The Labute approximate surface area is 144 Å². The van der Waals surface area contributed by atoms with Crippen LogP contribution in [0.15, 0.2) is 23.2 Å². The van der Waals surface area contributed by atoms with Gasteiger partial charge in [0, 0.05) is 18.0 Å². The second-order valence-corrected chi connectivity index (χ2v) is 9.19. The molecule has 0 saturated carbocycles. The Kier molecular flexibility index (Phi) is 4.67. The molecule has 1 aromatic rings. The lowest BCUT2D eigenvalue weighted by atomic mass is 10.1. The van der Waals surface area contributed by atoms with Gasteiger partial charge in [-0.3, -0.25) is 4.79 Å². The number of nitrogens with zero attached hydrogens (tertiary/aromatic N) is 2. The van der Waals surface area contributed by atoms with Crippen LogP contribution in [0.4, 0.5) is 10.1 Å². The van der Waals surface area contributed by atoms with Crippen molar-refractivity contribution < 1.29 is 22.3 Å². The number of ether oxygens (including phenoxy) is 1. The molecule has 3 rings (SSSR count). The molecule has 1 amide bonds. The molecule has 2 heterocycles. The first kappa shape index (κ1) is 17.4. The second kappa shape index (κ2) is 6.45. The van der Waals surface area contributed by atoms with Crippen LogP contribution in [-0.2, 0) is 19.4 Å². The molecular formula is C15H17FN2O4S2. The van der Waals surface area contributed by atoms with Crippen LogP contribution in [0.2, 0.25) is 0 Å². The van der Waals surface area contributed by atoms with E-state index in [4.69, 9.17) is 4.74 Å². The van der Waals surface area contributed by atoms with Gasteiger partial charge in [0.15, 0.2) is 15.0 Å². The zero-order chi connectivity index (χ0) is 17.5. The smallest absolute Gasteiger partial charge is 0.274 e. The number of carbonyl (C=O) groups excluding carboxylic acids is 1. The largest absolute Gasteiger partial charge is 0.375 e. The van der Waals surface area contributed by atoms with Crippen molar-refractivity contribution in [1.82, 2.24) is 0 Å². The third-order valence-corrected chi connectivity index (χ3v) is 7.20. The molecule has 1 aromatic carbocycles. The Balaban J connectivity index is 2.01. The molecule has 0 radical (unpaired) electrons. The van der Waals surface area contributed by atoms with Crippen LogP contribution >= 0.6 is 11.8 Å². The first-order valence-electron chi connectivity index (χ1n) is 7.33. The average molecular weight is 372 g/mol. The van der Waals surface area contributed by atoms with E-state index < -0.39 is 15.7 Å². The molecule has 2 saturated heterocycles. The number of fused-ring (bicyclic) bond motifs is 1. The van der Waals surface area contributed by atoms with Crippen LogP contribution in [0.5, 0.6) is 0 Å². The van der Waals surface area contributed by atoms with Crippen LogP contribution in [0, 0.1) is 12.7 Å². The quantitative estimate of drug-likeness (QED) is 0.798. The van der Waals surface area contributed by atoms with Gasteiger partial charge in [-0.05, 0) is 24.6 Å². The van der Waals surface area contributed by atoms with Crippen LogP contribution in [0.1, 0.15) is 5.56 Å². The van der Waals surface area contributed by atoms with Gasteiger partial charge in [0.1, 0.15) is 12.4 Å². The summed E-state index contributed by atoms with van der Waals surface area (Å²) in [4.78, 5) is 17.5. The SMILES string of the molecule is COCC(=O)N=C1S[C@@H]2CS(=O)(=O)C[C@@H]2N1c1ccc(C)c(F)c1. The number of carbonyl (C=O) groups is 1. The molecule has 0 aromatic heterocycles. The number of anilines is 1. The van der Waals surface area contributed by atoms with E-state index in [1.807, 2.05) is 0 Å². The van der Waals surface area contributed by atoms with Crippen molar-refractivity contribution in [3.8, 4) is 0 Å². The first-order chi connectivity index (χ1) is 11.3. The summed E-state index contributed by atoms with van der Waals surface area (Å²) in [5.74, 6) is -0.840. The highest BCUT2D eigenvalue weighted by atomic mass is 32.2. The summed E-state index contributed by atoms with van der Waals surface area (Å²) in [6, 6.07) is 4.33. The van der Waals surface area contributed by atoms with Crippen LogP contribution in [0.25, 0.3) is 0 Å². The summed E-state index contributed by atoms with van der Waals surface area (Å²) in [5.41, 5.74) is 0.995. The number of hydrogen-bond donors (Lipinski definition) is 0. The summed E-state index contributed by atoms with van der Waals surface area (Å²) in [6.07, 6.45) is 0. The minimum Gasteiger partial charge on any atom is -0.375 e. The fourth-order valence-electron chi connectivity index (χ4n) is 2.86. The van der Waals surface area contributed by atoms with Crippen LogP contribution in [0.3, 0.4) is 0 Å². The predicted octanol–water partition coefficient (Wildman–Crippen LogP) is 1.38. The van der Waals surface area contributed by atoms with Gasteiger partial charge in [0.25, 0.3) is 5.91 Å². The van der Waals surface area contributed by atoms with E-state index in [0.29, 0.717) is 16.4 Å². The molecule has 0 unspecified atom stereocenters. The van der Waals surface area contributed by atoms with Gasteiger partial charge >= 0.3 is 0 Å². The molecule has 2 fully saturated rings. The van der Waals surface area contributed by atoms with Crippen molar-refractivity contribution in [2.24, 2.45) is 4.99 Å². The first-order valence-corrected chi connectivity index (χ1v) is 10.0. The van der Waals surface area contributed by atoms with Crippen molar-refractivity contribution in [3.05, 3.63) is 29.6 Å². The molecule has 2 aliphatic rings. The number of benzene rings is 1. The van der Waals surface area contributed by atoms with Gasteiger partial charge in [-0.1, -0.05) is 17.8 Å². The third kappa shape index (κ3) is 3.33. The molecule has 6 nitrogen and oxygen atoms in total. The summed E-state index contributed by atoms with van der Waals surface area (Å²) < 4.78 is 42.6. The van der Waals surface area contributed by atoms with Gasteiger partial charge in [-0.2, -0.15) is 4.99 Å². The summed E-state index contributed by atoms with van der Waals surface area (Å²) in [6.45, 7) is 1.49. The van der Waals surface area contributed by atoms with Gasteiger partial charge in [-0.25, -0.2) is 12.8 Å². The highest BCUT2D eigenvalue weighted by Gasteiger charge is 2.49. The Bertz CT molecular complexity index is 810. The van der Waals surface area contributed by atoms with E-state index in [0.717, 1.165) is 0 Å². The number of methoxy groups -OCH3 is 1. The molecule has 2 aliphatic heterocycles. The monoisotopic (exact) mass is 372 g/mol. The van der Waals surface area contributed by atoms with E-state index in [-0.39, 0.29) is 35.2 Å². The summed E-state index contributed by atoms with van der Waals surface area (Å²) in [7, 11) is -1.75. The maximum atomic E-state index is 14.0. The van der Waals surface area contributed by atoms with Crippen molar-refractivity contribution in [2.45, 2.75) is 18.2 Å². The number of sulfone groups is 1. The number of rotatable bonds is 3. The standard InChI is InChI=1S/C15H17FN2O4S2/c1-9-3-4-10(5-11(9)16)18-12-7-24(20,21)8-13(12)23-15(18)17-14(19)6-22-2/h3-5,12-13H,6-8H2,1-2H3/t12-,13+/m0/s1. The Morgan fingerprint density at radius 2 is 2.21 bits per heavy atom. The number of thioether (sulfide) groups is 1. The van der Waals surface area contributed by atoms with Crippen LogP contribution < -0.4 is 4.90 Å².